The summed E-state index contributed by atoms with van der Waals surface area (Å²) in [5.41, 5.74) is 1.33. The lowest BCUT2D eigenvalue weighted by molar-refractivity contribution is -0.206. The van der Waals surface area contributed by atoms with E-state index in [4.69, 9.17) is 9.52 Å². The lowest BCUT2D eigenvalue weighted by Gasteiger charge is -2.14. The summed E-state index contributed by atoms with van der Waals surface area (Å²) in [6.07, 6.45) is -4.11. The van der Waals surface area contributed by atoms with Gasteiger partial charge in [0.1, 0.15) is 0 Å². The highest BCUT2D eigenvalue weighted by atomic mass is 19.4. The average molecular weight is 242 g/mol. The largest absolute Gasteiger partial charge is 0.472 e. The molecule has 1 N–H and O–H groups in total. The monoisotopic (exact) mass is 242 g/mol. The maximum atomic E-state index is 12.2. The number of hydrogen-bond donors (Lipinski definition) is 1. The van der Waals surface area contributed by atoms with E-state index in [1.807, 2.05) is 0 Å². The van der Waals surface area contributed by atoms with Crippen LogP contribution in [0.3, 0.4) is 0 Å². The fourth-order valence-electron chi connectivity index (χ4n) is 1.48. The lowest BCUT2D eigenvalue weighted by Crippen LogP contribution is -2.19. The molecule has 0 saturated carbocycles. The maximum absolute atomic E-state index is 12.2. The van der Waals surface area contributed by atoms with Gasteiger partial charge in [0, 0.05) is 5.56 Å². The normalized spacial score (nSPS) is 13.6. The van der Waals surface area contributed by atoms with E-state index in [0.29, 0.717) is 0 Å². The number of aliphatic hydroxyl groups excluding tert-OH is 1. The third kappa shape index (κ3) is 2.50. The van der Waals surface area contributed by atoms with E-state index in [9.17, 15) is 13.2 Å². The van der Waals surface area contributed by atoms with Crippen LogP contribution in [0.4, 0.5) is 13.2 Å². The predicted molar refractivity (Wildman–Crippen MR) is 55.2 cm³/mol. The lowest BCUT2D eigenvalue weighted by atomic mass is 10.0. The minimum atomic E-state index is -4.64. The maximum Gasteiger partial charge on any atom is 0.418 e. The molecular weight excluding hydrogens is 233 g/mol. The molecule has 2 nitrogen and oxygen atoms in total. The zero-order valence-electron chi connectivity index (χ0n) is 8.61. The second kappa shape index (κ2) is 4.25. The molecule has 2 rings (SSSR count). The van der Waals surface area contributed by atoms with Gasteiger partial charge >= 0.3 is 6.18 Å². The Labute approximate surface area is 95.3 Å². The van der Waals surface area contributed by atoms with Crippen molar-refractivity contribution in [2.45, 2.75) is 12.3 Å². The molecule has 17 heavy (non-hydrogen) atoms. The first kappa shape index (κ1) is 11.7. The van der Waals surface area contributed by atoms with Crippen molar-refractivity contribution in [2.75, 3.05) is 0 Å². The summed E-state index contributed by atoms with van der Waals surface area (Å²) in [4.78, 5) is 0. The molecule has 1 aromatic heterocycles. The molecule has 0 aliphatic rings. The van der Waals surface area contributed by atoms with E-state index in [1.54, 1.807) is 6.07 Å². The summed E-state index contributed by atoms with van der Waals surface area (Å²) in [6.45, 7) is 0. The van der Waals surface area contributed by atoms with E-state index in [-0.39, 0.29) is 5.56 Å². The highest BCUT2D eigenvalue weighted by Gasteiger charge is 2.39. The van der Waals surface area contributed by atoms with Crippen LogP contribution in [-0.4, -0.2) is 11.3 Å². The zero-order chi connectivity index (χ0) is 12.5. The van der Waals surface area contributed by atoms with Crippen molar-refractivity contribution in [1.82, 2.24) is 0 Å². The van der Waals surface area contributed by atoms with Crippen LogP contribution in [0.25, 0.3) is 11.1 Å². The standard InChI is InChI=1S/C12H9F3O2/c13-12(14,15)11(16)9-3-1-8(2-4-9)10-5-6-17-7-10/h1-7,11,16H. The quantitative estimate of drug-likeness (QED) is 0.873. The van der Waals surface area contributed by atoms with Crippen molar-refractivity contribution < 1.29 is 22.7 Å². The van der Waals surface area contributed by atoms with Crippen molar-refractivity contribution in [1.29, 1.82) is 0 Å². The van der Waals surface area contributed by atoms with E-state index < -0.39 is 12.3 Å². The Balaban J connectivity index is 2.25. The summed E-state index contributed by atoms with van der Waals surface area (Å²) < 4.78 is 41.6. The molecule has 0 bridgehead atoms. The number of alkyl halides is 3. The third-order valence-corrected chi connectivity index (χ3v) is 2.39. The molecule has 0 aliphatic heterocycles. The molecule has 0 amide bonds. The third-order valence-electron chi connectivity index (χ3n) is 2.39. The van der Waals surface area contributed by atoms with E-state index >= 15 is 0 Å². The minimum absolute atomic E-state index is 0.176. The molecule has 0 spiro atoms. The van der Waals surface area contributed by atoms with Crippen molar-refractivity contribution in [2.24, 2.45) is 0 Å². The summed E-state index contributed by atoms with van der Waals surface area (Å²) in [7, 11) is 0. The van der Waals surface area contributed by atoms with Crippen LogP contribution >= 0.6 is 0 Å². The summed E-state index contributed by atoms with van der Waals surface area (Å²) in [6, 6.07) is 7.22. The van der Waals surface area contributed by atoms with Crippen molar-refractivity contribution in [3.8, 4) is 11.1 Å². The number of halogens is 3. The molecular formula is C12H9F3O2. The van der Waals surface area contributed by atoms with Crippen molar-refractivity contribution >= 4 is 0 Å². The van der Waals surface area contributed by atoms with E-state index in [1.165, 1.54) is 36.8 Å². The van der Waals surface area contributed by atoms with Gasteiger partial charge in [-0.05, 0) is 17.2 Å². The molecule has 0 aliphatic carbocycles. The van der Waals surface area contributed by atoms with Crippen LogP contribution in [-0.2, 0) is 0 Å². The van der Waals surface area contributed by atoms with Gasteiger partial charge in [0.05, 0.1) is 12.5 Å². The van der Waals surface area contributed by atoms with Crippen LogP contribution < -0.4 is 0 Å². The Hall–Kier alpha value is -1.75. The second-order valence-electron chi connectivity index (χ2n) is 3.58. The molecule has 90 valence electrons. The topological polar surface area (TPSA) is 33.4 Å². The van der Waals surface area contributed by atoms with Crippen LogP contribution in [0.1, 0.15) is 11.7 Å². The van der Waals surface area contributed by atoms with Crippen molar-refractivity contribution in [3.05, 3.63) is 48.4 Å². The van der Waals surface area contributed by atoms with Gasteiger partial charge in [-0.2, -0.15) is 13.2 Å². The number of benzene rings is 1. The van der Waals surface area contributed by atoms with Crippen LogP contribution in [0, 0.1) is 0 Å². The average Bonchev–Trinajstić information content (AvgIpc) is 2.80. The van der Waals surface area contributed by atoms with Gasteiger partial charge in [-0.3, -0.25) is 0 Å². The summed E-state index contributed by atoms with van der Waals surface area (Å²) >= 11 is 0. The first-order chi connectivity index (χ1) is 7.98. The summed E-state index contributed by atoms with van der Waals surface area (Å²) in [5, 5.41) is 9.03. The van der Waals surface area contributed by atoms with E-state index in [2.05, 4.69) is 0 Å². The molecule has 1 unspecified atom stereocenters. The first-order valence-corrected chi connectivity index (χ1v) is 4.86. The molecule has 0 saturated heterocycles. The first-order valence-electron chi connectivity index (χ1n) is 4.86. The Kier molecular flexibility index (Phi) is 2.93. The molecule has 0 fully saturated rings. The molecule has 0 radical (unpaired) electrons. The zero-order valence-corrected chi connectivity index (χ0v) is 8.61. The highest BCUT2D eigenvalue weighted by molar-refractivity contribution is 5.62. The van der Waals surface area contributed by atoms with Crippen molar-refractivity contribution in [3.63, 3.8) is 0 Å². The predicted octanol–water partition coefficient (Wildman–Crippen LogP) is 3.54. The molecule has 2 aromatic rings. The van der Waals surface area contributed by atoms with Gasteiger partial charge in [-0.15, -0.1) is 0 Å². The number of hydrogen-bond acceptors (Lipinski definition) is 2. The van der Waals surface area contributed by atoms with Gasteiger partial charge < -0.3 is 9.52 Å². The Morgan fingerprint density at radius 3 is 2.12 bits per heavy atom. The van der Waals surface area contributed by atoms with Gasteiger partial charge in [-0.1, -0.05) is 24.3 Å². The number of rotatable bonds is 2. The molecule has 1 aromatic carbocycles. The van der Waals surface area contributed by atoms with E-state index in [0.717, 1.165) is 11.1 Å². The van der Waals surface area contributed by atoms with Gasteiger partial charge in [0.15, 0.2) is 6.10 Å². The fraction of sp³-hybridized carbons (Fsp3) is 0.167. The van der Waals surface area contributed by atoms with Gasteiger partial charge in [0.25, 0.3) is 0 Å². The van der Waals surface area contributed by atoms with Crippen LogP contribution in [0.5, 0.6) is 0 Å². The minimum Gasteiger partial charge on any atom is -0.472 e. The Morgan fingerprint density at radius 1 is 1.00 bits per heavy atom. The Bertz CT molecular complexity index is 471. The molecule has 5 heteroatoms. The summed E-state index contributed by atoms with van der Waals surface area (Å²) in [5.74, 6) is 0. The smallest absolute Gasteiger partial charge is 0.418 e. The number of aliphatic hydroxyl groups is 1. The SMILES string of the molecule is OC(c1ccc(-c2ccoc2)cc1)C(F)(F)F. The van der Waals surface area contributed by atoms with Crippen LogP contribution in [0.2, 0.25) is 0 Å². The highest BCUT2D eigenvalue weighted by Crippen LogP contribution is 2.33. The van der Waals surface area contributed by atoms with Gasteiger partial charge in [0.2, 0.25) is 0 Å². The Morgan fingerprint density at radius 2 is 1.65 bits per heavy atom. The molecule has 1 heterocycles. The number of furan rings is 1. The second-order valence-corrected chi connectivity index (χ2v) is 3.58. The van der Waals surface area contributed by atoms with Crippen LogP contribution in [0.15, 0.2) is 47.3 Å². The molecule has 1 atom stereocenters. The fourth-order valence-corrected chi connectivity index (χ4v) is 1.48. The van der Waals surface area contributed by atoms with Gasteiger partial charge in [-0.25, -0.2) is 0 Å².